The van der Waals surface area contributed by atoms with Gasteiger partial charge in [0.15, 0.2) is 0 Å². The van der Waals surface area contributed by atoms with Gasteiger partial charge in [-0.3, -0.25) is 4.79 Å². The van der Waals surface area contributed by atoms with E-state index in [0.29, 0.717) is 17.5 Å². The zero-order chi connectivity index (χ0) is 13.4. The van der Waals surface area contributed by atoms with E-state index in [4.69, 9.17) is 4.74 Å². The summed E-state index contributed by atoms with van der Waals surface area (Å²) in [6, 6.07) is 9.93. The monoisotopic (exact) mass is 394 g/mol. The van der Waals surface area contributed by atoms with Crippen molar-refractivity contribution in [3.8, 4) is 0 Å². The van der Waals surface area contributed by atoms with Crippen LogP contribution in [-0.2, 0) is 20.4 Å². The van der Waals surface area contributed by atoms with E-state index >= 15 is 0 Å². The molecule has 0 aliphatic carbocycles. The van der Waals surface area contributed by atoms with Gasteiger partial charge in [-0.05, 0) is 22.9 Å². The van der Waals surface area contributed by atoms with Crippen molar-refractivity contribution in [3.63, 3.8) is 0 Å². The highest BCUT2D eigenvalue weighted by Crippen LogP contribution is 2.22. The van der Waals surface area contributed by atoms with Gasteiger partial charge in [0.25, 0.3) is 0 Å². The fourth-order valence-corrected chi connectivity index (χ4v) is 2.22. The van der Waals surface area contributed by atoms with E-state index < -0.39 is 0 Å². The van der Waals surface area contributed by atoms with Gasteiger partial charge in [0.05, 0.1) is 18.4 Å². The Bertz CT molecular complexity index is 354. The second-order valence-corrected chi connectivity index (χ2v) is 6.99. The molecule has 108 valence electrons. The van der Waals surface area contributed by atoms with Crippen LogP contribution in [-0.4, -0.2) is 30.8 Å². The molecule has 1 atom stereocenters. The van der Waals surface area contributed by atoms with Crippen LogP contribution in [0.15, 0.2) is 30.3 Å². The molecule has 1 aromatic carbocycles. The Hall–Kier alpha value is -0.230. The molecule has 0 spiro atoms. The summed E-state index contributed by atoms with van der Waals surface area (Å²) in [7, 11) is 0.329. The van der Waals surface area contributed by atoms with Crippen LogP contribution in [0.4, 0.5) is 0 Å². The molecule has 0 N–H and O–H groups in total. The van der Waals surface area contributed by atoms with Crippen molar-refractivity contribution in [2.24, 2.45) is 0 Å². The molecule has 0 saturated carbocycles. The molecule has 0 fully saturated rings. The minimum absolute atomic E-state index is 0. The van der Waals surface area contributed by atoms with Crippen LogP contribution in [0.1, 0.15) is 31.2 Å². The van der Waals surface area contributed by atoms with Gasteiger partial charge in [-0.15, -0.1) is 0 Å². The standard InChI is InChI=1S/C15H23O2S.HI/c1-4-8-14(13-9-6-5-7-10-13)15(16)17-11-12-18(2)3;/h5-7,9-10,14H,4,8,11-12H2,1-3H3;1H/q+1;/p-1. The summed E-state index contributed by atoms with van der Waals surface area (Å²) in [5, 5.41) is 0. The average molecular weight is 394 g/mol. The maximum Gasteiger partial charge on any atom is 0.313 e. The van der Waals surface area contributed by atoms with E-state index in [9.17, 15) is 4.79 Å². The maximum absolute atomic E-state index is 12.1. The number of carbonyl (C=O) groups is 1. The Morgan fingerprint density at radius 2 is 1.89 bits per heavy atom. The molecule has 0 aliphatic heterocycles. The molecule has 0 heterocycles. The summed E-state index contributed by atoms with van der Waals surface area (Å²) in [4.78, 5) is 12.1. The van der Waals surface area contributed by atoms with E-state index in [-0.39, 0.29) is 35.9 Å². The van der Waals surface area contributed by atoms with Crippen molar-refractivity contribution in [1.29, 1.82) is 0 Å². The normalized spacial score (nSPS) is 11.8. The predicted octanol–water partition coefficient (Wildman–Crippen LogP) is -0.00460. The quantitative estimate of drug-likeness (QED) is 0.370. The average Bonchev–Trinajstić information content (AvgIpc) is 2.36. The first-order valence-corrected chi connectivity index (χ1v) is 8.62. The zero-order valence-corrected chi connectivity index (χ0v) is 14.9. The van der Waals surface area contributed by atoms with Gasteiger partial charge >= 0.3 is 5.97 Å². The Morgan fingerprint density at radius 3 is 2.42 bits per heavy atom. The number of halogens is 1. The van der Waals surface area contributed by atoms with Gasteiger partial charge in [-0.1, -0.05) is 43.7 Å². The largest absolute Gasteiger partial charge is 1.00 e. The van der Waals surface area contributed by atoms with Crippen LogP contribution in [0.5, 0.6) is 0 Å². The minimum Gasteiger partial charge on any atom is -1.00 e. The second-order valence-electron chi connectivity index (χ2n) is 4.61. The van der Waals surface area contributed by atoms with Crippen molar-refractivity contribution >= 4 is 16.9 Å². The molecular formula is C15H23IO2S. The molecule has 0 saturated heterocycles. The highest BCUT2D eigenvalue weighted by molar-refractivity contribution is 7.95. The molecule has 0 radical (unpaired) electrons. The van der Waals surface area contributed by atoms with Crippen molar-refractivity contribution in [3.05, 3.63) is 35.9 Å². The summed E-state index contributed by atoms with van der Waals surface area (Å²) in [5.74, 6) is 0.777. The summed E-state index contributed by atoms with van der Waals surface area (Å²) < 4.78 is 5.39. The summed E-state index contributed by atoms with van der Waals surface area (Å²) in [6.07, 6.45) is 6.16. The lowest BCUT2D eigenvalue weighted by molar-refractivity contribution is -0.145. The number of rotatable bonds is 7. The fraction of sp³-hybridized carbons (Fsp3) is 0.533. The molecule has 1 unspecified atom stereocenters. The molecule has 0 amide bonds. The van der Waals surface area contributed by atoms with Crippen molar-refractivity contribution < 1.29 is 33.5 Å². The van der Waals surface area contributed by atoms with Crippen LogP contribution in [0.25, 0.3) is 0 Å². The van der Waals surface area contributed by atoms with Crippen LogP contribution in [0, 0.1) is 0 Å². The smallest absolute Gasteiger partial charge is 0.313 e. The SMILES string of the molecule is CCCC(C(=O)OCC[S+](C)C)c1ccccc1.[I-]. The van der Waals surface area contributed by atoms with Gasteiger partial charge in [-0.25, -0.2) is 0 Å². The first-order chi connectivity index (χ1) is 8.65. The first kappa shape index (κ1) is 18.8. The Morgan fingerprint density at radius 1 is 1.26 bits per heavy atom. The summed E-state index contributed by atoms with van der Waals surface area (Å²) >= 11 is 0. The van der Waals surface area contributed by atoms with Crippen LogP contribution < -0.4 is 24.0 Å². The highest BCUT2D eigenvalue weighted by atomic mass is 127. The third-order valence-corrected chi connectivity index (χ3v) is 3.78. The number of esters is 1. The minimum atomic E-state index is -0.105. The number of hydrogen-bond donors (Lipinski definition) is 0. The van der Waals surface area contributed by atoms with Crippen molar-refractivity contribution in [1.82, 2.24) is 0 Å². The lowest BCUT2D eigenvalue weighted by Gasteiger charge is -2.15. The Balaban J connectivity index is 0.00000324. The van der Waals surface area contributed by atoms with E-state index in [2.05, 4.69) is 19.4 Å². The molecule has 0 aromatic heterocycles. The third kappa shape index (κ3) is 7.20. The van der Waals surface area contributed by atoms with E-state index in [1.165, 1.54) is 0 Å². The first-order valence-electron chi connectivity index (χ1n) is 6.41. The maximum atomic E-state index is 12.1. The number of hydrogen-bond acceptors (Lipinski definition) is 2. The topological polar surface area (TPSA) is 26.3 Å². The van der Waals surface area contributed by atoms with E-state index in [1.807, 2.05) is 30.3 Å². The third-order valence-electron chi connectivity index (χ3n) is 2.80. The van der Waals surface area contributed by atoms with Crippen LogP contribution in [0.2, 0.25) is 0 Å². The van der Waals surface area contributed by atoms with Gasteiger partial charge in [0.1, 0.15) is 12.4 Å². The summed E-state index contributed by atoms with van der Waals surface area (Å²) in [6.45, 7) is 2.64. The molecule has 1 rings (SSSR count). The summed E-state index contributed by atoms with van der Waals surface area (Å²) in [5.41, 5.74) is 1.07. The van der Waals surface area contributed by atoms with Crippen LogP contribution in [0.3, 0.4) is 0 Å². The van der Waals surface area contributed by atoms with Gasteiger partial charge in [0, 0.05) is 0 Å². The highest BCUT2D eigenvalue weighted by Gasteiger charge is 2.21. The molecule has 19 heavy (non-hydrogen) atoms. The predicted molar refractivity (Wildman–Crippen MR) is 79.1 cm³/mol. The zero-order valence-electron chi connectivity index (χ0n) is 11.9. The van der Waals surface area contributed by atoms with Crippen LogP contribution >= 0.6 is 0 Å². The molecule has 0 bridgehead atoms. The molecule has 1 aromatic rings. The van der Waals surface area contributed by atoms with E-state index in [0.717, 1.165) is 24.2 Å². The van der Waals surface area contributed by atoms with Gasteiger partial charge in [-0.2, -0.15) is 0 Å². The lowest BCUT2D eigenvalue weighted by atomic mass is 9.95. The molecular weight excluding hydrogens is 371 g/mol. The molecule has 0 aliphatic rings. The van der Waals surface area contributed by atoms with Crippen molar-refractivity contribution in [2.75, 3.05) is 24.9 Å². The fourth-order valence-electron chi connectivity index (χ4n) is 1.80. The Labute approximate surface area is 136 Å². The number of benzene rings is 1. The molecule has 2 nitrogen and oxygen atoms in total. The number of ether oxygens (including phenoxy) is 1. The van der Waals surface area contributed by atoms with E-state index in [1.54, 1.807) is 0 Å². The Kier molecular flexibility index (Phi) is 10.4. The molecule has 4 heteroatoms. The number of carbonyl (C=O) groups excluding carboxylic acids is 1. The second kappa shape index (κ2) is 10.5. The van der Waals surface area contributed by atoms with Gasteiger partial charge in [0.2, 0.25) is 0 Å². The lowest BCUT2D eigenvalue weighted by Crippen LogP contribution is -3.00. The van der Waals surface area contributed by atoms with Gasteiger partial charge < -0.3 is 28.7 Å². The van der Waals surface area contributed by atoms with Crippen molar-refractivity contribution in [2.45, 2.75) is 25.7 Å².